The minimum atomic E-state index is -1.23. The van der Waals surface area contributed by atoms with Crippen molar-refractivity contribution in [1.82, 2.24) is 15.2 Å². The van der Waals surface area contributed by atoms with Gasteiger partial charge in [0.1, 0.15) is 0 Å². The van der Waals surface area contributed by atoms with Crippen molar-refractivity contribution in [3.05, 3.63) is 53.9 Å². The smallest absolute Gasteiger partial charge is 0.227 e. The van der Waals surface area contributed by atoms with Crippen LogP contribution in [0.5, 0.6) is 0 Å². The van der Waals surface area contributed by atoms with Gasteiger partial charge in [-0.05, 0) is 25.5 Å². The molecule has 6 heteroatoms. The second kappa shape index (κ2) is 5.81. The number of anilines is 1. The summed E-state index contributed by atoms with van der Waals surface area (Å²) in [6, 6.07) is 11.0. The Balaban J connectivity index is 1.74. The Labute approximate surface area is 133 Å². The number of aromatic amines is 1. The predicted molar refractivity (Wildman–Crippen MR) is 87.9 cm³/mol. The van der Waals surface area contributed by atoms with Crippen molar-refractivity contribution in [1.29, 1.82) is 0 Å². The zero-order valence-electron chi connectivity index (χ0n) is 13.0. The van der Waals surface area contributed by atoms with Crippen LogP contribution in [-0.4, -0.2) is 26.2 Å². The molecule has 0 bridgehead atoms. The molecule has 1 atom stereocenters. The molecule has 0 aliphatic carbocycles. The number of amides is 1. The molecule has 3 aromatic rings. The number of carbonyl (C=O) groups excluding carboxylic acids is 1. The summed E-state index contributed by atoms with van der Waals surface area (Å²) in [6.07, 6.45) is 1.51. The highest BCUT2D eigenvalue weighted by Gasteiger charge is 2.26. The zero-order chi connectivity index (χ0) is 16.4. The SMILES string of the molecule is Cc1[nH]nc2ncc(NC(=O)CC(C)(O)c3ccccc3)cc12. The van der Waals surface area contributed by atoms with Gasteiger partial charge in [-0.25, -0.2) is 4.98 Å². The molecule has 6 nitrogen and oxygen atoms in total. The van der Waals surface area contributed by atoms with E-state index in [0.29, 0.717) is 16.9 Å². The Morgan fingerprint density at radius 1 is 1.35 bits per heavy atom. The van der Waals surface area contributed by atoms with Crippen LogP contribution in [0.4, 0.5) is 5.69 Å². The normalized spacial score (nSPS) is 13.7. The van der Waals surface area contributed by atoms with E-state index < -0.39 is 5.60 Å². The van der Waals surface area contributed by atoms with Crippen LogP contribution in [0.3, 0.4) is 0 Å². The number of nitrogens with zero attached hydrogens (tertiary/aromatic N) is 2. The molecule has 1 amide bonds. The predicted octanol–water partition coefficient (Wildman–Crippen LogP) is 2.50. The number of nitrogens with one attached hydrogen (secondary N) is 2. The Kier molecular flexibility index (Phi) is 3.83. The third kappa shape index (κ3) is 3.22. The first-order valence-electron chi connectivity index (χ1n) is 7.34. The van der Waals surface area contributed by atoms with Crippen molar-refractivity contribution < 1.29 is 9.90 Å². The van der Waals surface area contributed by atoms with Crippen LogP contribution >= 0.6 is 0 Å². The number of aryl methyl sites for hydroxylation is 1. The first kappa shape index (κ1) is 15.2. The number of aromatic nitrogens is 3. The van der Waals surface area contributed by atoms with Gasteiger partial charge < -0.3 is 10.4 Å². The van der Waals surface area contributed by atoms with Crippen molar-refractivity contribution in [2.24, 2.45) is 0 Å². The van der Waals surface area contributed by atoms with Crippen molar-refractivity contribution in [3.8, 4) is 0 Å². The number of H-pyrrole nitrogens is 1. The third-order valence-corrected chi connectivity index (χ3v) is 3.78. The summed E-state index contributed by atoms with van der Waals surface area (Å²) in [5.41, 5.74) is 1.55. The lowest BCUT2D eigenvalue weighted by Gasteiger charge is -2.23. The molecule has 0 aliphatic rings. The van der Waals surface area contributed by atoms with Crippen LogP contribution < -0.4 is 5.32 Å². The molecule has 3 rings (SSSR count). The Hall–Kier alpha value is -2.73. The van der Waals surface area contributed by atoms with Gasteiger partial charge in [-0.3, -0.25) is 9.89 Å². The number of carbonyl (C=O) groups is 1. The molecule has 118 valence electrons. The molecular formula is C17H18N4O2. The van der Waals surface area contributed by atoms with Crippen LogP contribution in [0.25, 0.3) is 11.0 Å². The Bertz CT molecular complexity index is 840. The number of benzene rings is 1. The van der Waals surface area contributed by atoms with Gasteiger partial charge in [0.05, 0.1) is 23.9 Å². The van der Waals surface area contributed by atoms with E-state index in [0.717, 1.165) is 11.1 Å². The highest BCUT2D eigenvalue weighted by Crippen LogP contribution is 2.25. The van der Waals surface area contributed by atoms with E-state index >= 15 is 0 Å². The van der Waals surface area contributed by atoms with Gasteiger partial charge in [-0.2, -0.15) is 5.10 Å². The van der Waals surface area contributed by atoms with Crippen LogP contribution in [0, 0.1) is 6.92 Å². The minimum Gasteiger partial charge on any atom is -0.385 e. The number of hydrogen-bond donors (Lipinski definition) is 3. The first-order valence-corrected chi connectivity index (χ1v) is 7.34. The summed E-state index contributed by atoms with van der Waals surface area (Å²) >= 11 is 0. The van der Waals surface area contributed by atoms with Gasteiger partial charge in [0, 0.05) is 11.1 Å². The summed E-state index contributed by atoms with van der Waals surface area (Å²) in [6.45, 7) is 3.52. The quantitative estimate of drug-likeness (QED) is 0.690. The molecule has 0 aliphatic heterocycles. The van der Waals surface area contributed by atoms with Gasteiger partial charge in [0.15, 0.2) is 5.65 Å². The average Bonchev–Trinajstić information content (AvgIpc) is 2.89. The number of aliphatic hydroxyl groups is 1. The lowest BCUT2D eigenvalue weighted by atomic mass is 9.92. The van der Waals surface area contributed by atoms with Crippen LogP contribution in [0.2, 0.25) is 0 Å². The number of pyridine rings is 1. The summed E-state index contributed by atoms with van der Waals surface area (Å²) in [7, 11) is 0. The summed E-state index contributed by atoms with van der Waals surface area (Å²) in [4.78, 5) is 16.4. The molecule has 0 saturated carbocycles. The second-order valence-corrected chi connectivity index (χ2v) is 5.81. The maximum atomic E-state index is 12.2. The number of fused-ring (bicyclic) bond motifs is 1. The van der Waals surface area contributed by atoms with Gasteiger partial charge >= 0.3 is 0 Å². The van der Waals surface area contributed by atoms with E-state index in [4.69, 9.17) is 0 Å². The molecule has 0 fully saturated rings. The van der Waals surface area contributed by atoms with Crippen molar-refractivity contribution in [2.45, 2.75) is 25.9 Å². The average molecular weight is 310 g/mol. The lowest BCUT2D eigenvalue weighted by Crippen LogP contribution is -2.28. The fourth-order valence-corrected chi connectivity index (χ4v) is 2.51. The van der Waals surface area contributed by atoms with E-state index in [2.05, 4.69) is 20.5 Å². The molecule has 2 heterocycles. The van der Waals surface area contributed by atoms with Gasteiger partial charge in [0.2, 0.25) is 5.91 Å². The van der Waals surface area contributed by atoms with Gasteiger partial charge in [-0.1, -0.05) is 30.3 Å². The molecule has 1 aromatic carbocycles. The summed E-state index contributed by atoms with van der Waals surface area (Å²) in [5, 5.41) is 21.1. The van der Waals surface area contributed by atoms with E-state index in [-0.39, 0.29) is 12.3 Å². The molecule has 0 saturated heterocycles. The molecule has 0 radical (unpaired) electrons. The molecule has 23 heavy (non-hydrogen) atoms. The van der Waals surface area contributed by atoms with Crippen molar-refractivity contribution >= 4 is 22.6 Å². The number of rotatable bonds is 4. The second-order valence-electron chi connectivity index (χ2n) is 5.81. The molecular weight excluding hydrogens is 292 g/mol. The Morgan fingerprint density at radius 3 is 2.83 bits per heavy atom. The summed E-state index contributed by atoms with van der Waals surface area (Å²) < 4.78 is 0. The fourth-order valence-electron chi connectivity index (χ4n) is 2.51. The molecule has 0 spiro atoms. The maximum Gasteiger partial charge on any atom is 0.227 e. The van der Waals surface area contributed by atoms with Crippen LogP contribution in [-0.2, 0) is 10.4 Å². The highest BCUT2D eigenvalue weighted by atomic mass is 16.3. The summed E-state index contributed by atoms with van der Waals surface area (Å²) in [5.74, 6) is -0.277. The van der Waals surface area contributed by atoms with Gasteiger partial charge in [0.25, 0.3) is 0 Å². The van der Waals surface area contributed by atoms with E-state index in [1.165, 1.54) is 0 Å². The number of hydrogen-bond acceptors (Lipinski definition) is 4. The van der Waals surface area contributed by atoms with Crippen LogP contribution in [0.15, 0.2) is 42.6 Å². The van der Waals surface area contributed by atoms with E-state index in [1.54, 1.807) is 25.3 Å². The van der Waals surface area contributed by atoms with Crippen molar-refractivity contribution in [3.63, 3.8) is 0 Å². The van der Waals surface area contributed by atoms with E-state index in [9.17, 15) is 9.90 Å². The standard InChI is InChI=1S/C17H18N4O2/c1-11-14-8-13(10-18-16(14)21-20-11)19-15(22)9-17(2,23)12-6-4-3-5-7-12/h3-8,10,23H,9H2,1-2H3,(H,19,22)(H,18,20,21). The zero-order valence-corrected chi connectivity index (χ0v) is 13.0. The highest BCUT2D eigenvalue weighted by molar-refractivity contribution is 5.93. The molecule has 3 N–H and O–H groups in total. The maximum absolute atomic E-state index is 12.2. The van der Waals surface area contributed by atoms with Crippen LogP contribution in [0.1, 0.15) is 24.6 Å². The monoisotopic (exact) mass is 310 g/mol. The van der Waals surface area contributed by atoms with Crippen molar-refractivity contribution in [2.75, 3.05) is 5.32 Å². The molecule has 2 aromatic heterocycles. The largest absolute Gasteiger partial charge is 0.385 e. The van der Waals surface area contributed by atoms with E-state index in [1.807, 2.05) is 31.2 Å². The molecule has 1 unspecified atom stereocenters. The topological polar surface area (TPSA) is 90.9 Å². The third-order valence-electron chi connectivity index (χ3n) is 3.78. The Morgan fingerprint density at radius 2 is 2.09 bits per heavy atom. The minimum absolute atomic E-state index is 0.0422. The first-order chi connectivity index (χ1) is 11.0. The lowest BCUT2D eigenvalue weighted by molar-refractivity contribution is -0.120. The fraction of sp³-hybridized carbons (Fsp3) is 0.235. The van der Waals surface area contributed by atoms with Gasteiger partial charge in [-0.15, -0.1) is 0 Å².